The van der Waals surface area contributed by atoms with E-state index in [0.29, 0.717) is 18.6 Å². The fraction of sp³-hybridized carbons (Fsp3) is 0.500. The van der Waals surface area contributed by atoms with Gasteiger partial charge in [-0.25, -0.2) is 0 Å². The van der Waals surface area contributed by atoms with Crippen molar-refractivity contribution in [3.8, 4) is 17.6 Å². The summed E-state index contributed by atoms with van der Waals surface area (Å²) in [7, 11) is 1.32. The third-order valence-corrected chi connectivity index (χ3v) is 3.52. The Kier molecular flexibility index (Phi) is 4.60. The maximum Gasteiger partial charge on any atom is 0.387 e. The van der Waals surface area contributed by atoms with Gasteiger partial charge in [-0.1, -0.05) is 6.07 Å². The summed E-state index contributed by atoms with van der Waals surface area (Å²) in [6, 6.07) is 6.25. The summed E-state index contributed by atoms with van der Waals surface area (Å²) in [5.41, 5.74) is -0.769. The SMILES string of the molecule is COc1ccc(C(O)C2(C#N)CCOC2)cc1OC(F)F. The monoisotopic (exact) mass is 299 g/mol. The highest BCUT2D eigenvalue weighted by molar-refractivity contribution is 5.44. The quantitative estimate of drug-likeness (QED) is 0.903. The smallest absolute Gasteiger partial charge is 0.387 e. The maximum absolute atomic E-state index is 12.4. The van der Waals surface area contributed by atoms with Crippen molar-refractivity contribution in [1.82, 2.24) is 0 Å². The van der Waals surface area contributed by atoms with Gasteiger partial charge in [0.25, 0.3) is 0 Å². The molecule has 0 aliphatic carbocycles. The number of aliphatic hydroxyl groups is 1. The zero-order valence-corrected chi connectivity index (χ0v) is 11.4. The molecule has 2 unspecified atom stereocenters. The second-order valence-corrected chi connectivity index (χ2v) is 4.76. The van der Waals surface area contributed by atoms with Crippen molar-refractivity contribution < 1.29 is 28.1 Å². The Labute approximate surface area is 120 Å². The summed E-state index contributed by atoms with van der Waals surface area (Å²) in [6.07, 6.45) is -0.780. The topological polar surface area (TPSA) is 71.7 Å². The second-order valence-electron chi connectivity index (χ2n) is 4.76. The molecule has 1 N–H and O–H groups in total. The number of rotatable bonds is 5. The molecular weight excluding hydrogens is 284 g/mol. The van der Waals surface area contributed by atoms with E-state index in [4.69, 9.17) is 9.47 Å². The van der Waals surface area contributed by atoms with Gasteiger partial charge in [0.15, 0.2) is 11.5 Å². The van der Waals surface area contributed by atoms with Crippen LogP contribution in [-0.4, -0.2) is 32.0 Å². The third-order valence-electron chi connectivity index (χ3n) is 3.52. The fourth-order valence-electron chi connectivity index (χ4n) is 2.32. The molecule has 1 aliphatic rings. The van der Waals surface area contributed by atoms with Crippen molar-refractivity contribution in [3.63, 3.8) is 0 Å². The van der Waals surface area contributed by atoms with E-state index in [2.05, 4.69) is 10.8 Å². The van der Waals surface area contributed by atoms with Gasteiger partial charge < -0.3 is 19.3 Å². The minimum absolute atomic E-state index is 0.0989. The van der Waals surface area contributed by atoms with Gasteiger partial charge in [0.05, 0.1) is 19.8 Å². The van der Waals surface area contributed by atoms with Gasteiger partial charge in [0.2, 0.25) is 0 Å². The molecule has 1 fully saturated rings. The number of nitriles is 1. The Bertz CT molecular complexity index is 538. The van der Waals surface area contributed by atoms with E-state index in [0.717, 1.165) is 0 Å². The number of nitrogens with zero attached hydrogens (tertiary/aromatic N) is 1. The summed E-state index contributed by atoms with van der Waals surface area (Å²) < 4.78 is 39.3. The number of hydrogen-bond acceptors (Lipinski definition) is 5. The lowest BCUT2D eigenvalue weighted by molar-refractivity contribution is -0.0514. The summed E-state index contributed by atoms with van der Waals surface area (Å²) in [5, 5.41) is 19.7. The lowest BCUT2D eigenvalue weighted by Crippen LogP contribution is -2.27. The molecule has 2 atom stereocenters. The lowest BCUT2D eigenvalue weighted by atomic mass is 9.79. The Balaban J connectivity index is 2.33. The Morgan fingerprint density at radius 1 is 1.43 bits per heavy atom. The highest BCUT2D eigenvalue weighted by Crippen LogP contribution is 2.42. The molecule has 1 aromatic carbocycles. The van der Waals surface area contributed by atoms with Crippen LogP contribution >= 0.6 is 0 Å². The number of benzene rings is 1. The van der Waals surface area contributed by atoms with Crippen LogP contribution in [0.1, 0.15) is 18.1 Å². The normalized spacial score (nSPS) is 22.9. The fourth-order valence-corrected chi connectivity index (χ4v) is 2.32. The summed E-state index contributed by atoms with van der Waals surface area (Å²) in [5.74, 6) is -0.0593. The van der Waals surface area contributed by atoms with Crippen molar-refractivity contribution in [2.45, 2.75) is 19.1 Å². The minimum atomic E-state index is -3.01. The van der Waals surface area contributed by atoms with Crippen molar-refractivity contribution in [1.29, 1.82) is 5.26 Å². The van der Waals surface area contributed by atoms with E-state index in [9.17, 15) is 19.1 Å². The molecule has 114 valence electrons. The molecule has 1 aromatic rings. The Morgan fingerprint density at radius 2 is 2.19 bits per heavy atom. The molecule has 1 saturated heterocycles. The predicted octanol–water partition coefficient (Wildman–Crippen LogP) is 2.26. The highest BCUT2D eigenvalue weighted by Gasteiger charge is 2.43. The predicted molar refractivity (Wildman–Crippen MR) is 68.1 cm³/mol. The number of aliphatic hydroxyl groups excluding tert-OH is 1. The Morgan fingerprint density at radius 3 is 2.71 bits per heavy atom. The lowest BCUT2D eigenvalue weighted by Gasteiger charge is -2.26. The van der Waals surface area contributed by atoms with E-state index in [1.54, 1.807) is 0 Å². The molecule has 0 aromatic heterocycles. The van der Waals surface area contributed by atoms with Gasteiger partial charge >= 0.3 is 6.61 Å². The van der Waals surface area contributed by atoms with Crippen LogP contribution in [0.25, 0.3) is 0 Å². The van der Waals surface area contributed by atoms with Gasteiger partial charge in [-0.05, 0) is 24.1 Å². The first kappa shape index (κ1) is 15.5. The molecule has 7 heteroatoms. The van der Waals surface area contributed by atoms with E-state index in [1.807, 2.05) is 0 Å². The molecule has 5 nitrogen and oxygen atoms in total. The van der Waals surface area contributed by atoms with Crippen LogP contribution in [-0.2, 0) is 4.74 Å². The average Bonchev–Trinajstić information content (AvgIpc) is 2.96. The van der Waals surface area contributed by atoms with E-state index >= 15 is 0 Å². The molecule has 21 heavy (non-hydrogen) atoms. The number of methoxy groups -OCH3 is 1. The van der Waals surface area contributed by atoms with Crippen molar-refractivity contribution in [2.24, 2.45) is 5.41 Å². The molecule has 1 heterocycles. The highest BCUT2D eigenvalue weighted by atomic mass is 19.3. The first-order valence-electron chi connectivity index (χ1n) is 6.32. The first-order valence-corrected chi connectivity index (χ1v) is 6.32. The van der Waals surface area contributed by atoms with Crippen LogP contribution in [0.5, 0.6) is 11.5 Å². The van der Waals surface area contributed by atoms with Gasteiger partial charge in [-0.15, -0.1) is 0 Å². The average molecular weight is 299 g/mol. The van der Waals surface area contributed by atoms with Crippen molar-refractivity contribution in [3.05, 3.63) is 23.8 Å². The van der Waals surface area contributed by atoms with Crippen molar-refractivity contribution >= 4 is 0 Å². The molecule has 1 aliphatic heterocycles. The third kappa shape index (κ3) is 3.06. The van der Waals surface area contributed by atoms with E-state index in [-0.39, 0.29) is 18.1 Å². The zero-order chi connectivity index (χ0) is 15.5. The van der Waals surface area contributed by atoms with Gasteiger partial charge in [0, 0.05) is 6.61 Å². The molecule has 0 saturated carbocycles. The largest absolute Gasteiger partial charge is 0.493 e. The van der Waals surface area contributed by atoms with Crippen LogP contribution in [0.3, 0.4) is 0 Å². The minimum Gasteiger partial charge on any atom is -0.493 e. The summed E-state index contributed by atoms with van der Waals surface area (Å²) >= 11 is 0. The number of hydrogen-bond donors (Lipinski definition) is 1. The molecule has 0 spiro atoms. The first-order chi connectivity index (χ1) is 10.0. The van der Waals surface area contributed by atoms with Crippen LogP contribution < -0.4 is 9.47 Å². The molecule has 0 bridgehead atoms. The zero-order valence-electron chi connectivity index (χ0n) is 11.4. The molecule has 2 rings (SSSR count). The number of ether oxygens (including phenoxy) is 3. The van der Waals surface area contributed by atoms with Crippen LogP contribution in [0.2, 0.25) is 0 Å². The standard InChI is InChI=1S/C14H15F2NO4/c1-19-10-3-2-9(6-11(10)21-13(15)16)12(18)14(7-17)4-5-20-8-14/h2-3,6,12-13,18H,4-5,8H2,1H3. The second kappa shape index (κ2) is 6.24. The molecular formula is C14H15F2NO4. The maximum atomic E-state index is 12.4. The van der Waals surface area contributed by atoms with Gasteiger partial charge in [0.1, 0.15) is 11.5 Å². The Hall–Kier alpha value is -1.91. The van der Waals surface area contributed by atoms with Crippen LogP contribution in [0.15, 0.2) is 18.2 Å². The summed E-state index contributed by atoms with van der Waals surface area (Å²) in [6.45, 7) is -2.53. The summed E-state index contributed by atoms with van der Waals surface area (Å²) in [4.78, 5) is 0. The van der Waals surface area contributed by atoms with Crippen LogP contribution in [0.4, 0.5) is 8.78 Å². The van der Waals surface area contributed by atoms with E-state index in [1.165, 1.54) is 25.3 Å². The van der Waals surface area contributed by atoms with E-state index < -0.39 is 18.1 Å². The van der Waals surface area contributed by atoms with Crippen LogP contribution in [0, 0.1) is 16.7 Å². The van der Waals surface area contributed by atoms with Gasteiger partial charge in [-0.3, -0.25) is 0 Å². The molecule has 0 radical (unpaired) electrons. The number of alkyl halides is 2. The van der Waals surface area contributed by atoms with Gasteiger partial charge in [-0.2, -0.15) is 14.0 Å². The number of halogens is 2. The molecule has 0 amide bonds. The van der Waals surface area contributed by atoms with Crippen molar-refractivity contribution in [2.75, 3.05) is 20.3 Å².